The fraction of sp³-hybridized carbons (Fsp3) is 0.318. The lowest BCUT2D eigenvalue weighted by molar-refractivity contribution is 0.384. The number of thiazole rings is 1. The van der Waals surface area contributed by atoms with Crippen LogP contribution in [0.4, 0.5) is 9.52 Å². The fourth-order valence-electron chi connectivity index (χ4n) is 3.54. The Hall–Kier alpha value is -2.29. The molecule has 2 heterocycles. The first kappa shape index (κ1) is 21.0. The van der Waals surface area contributed by atoms with Crippen LogP contribution in [0.25, 0.3) is 0 Å². The SMILES string of the molecule is Cc1ccc(Cc2csc(N3CCN(S(=O)(=O)c4cccc(F)c4)CC3)n2)cc1C. The average molecular weight is 446 g/mol. The molecule has 1 fully saturated rings. The van der Waals surface area contributed by atoms with Gasteiger partial charge in [0.15, 0.2) is 5.13 Å². The summed E-state index contributed by atoms with van der Waals surface area (Å²) in [6.45, 7) is 6.04. The quantitative estimate of drug-likeness (QED) is 0.596. The van der Waals surface area contributed by atoms with E-state index in [-0.39, 0.29) is 4.90 Å². The molecule has 1 aliphatic heterocycles. The molecule has 0 bridgehead atoms. The number of nitrogens with zero attached hydrogens (tertiary/aromatic N) is 3. The van der Waals surface area contributed by atoms with Crippen LogP contribution in [0.2, 0.25) is 0 Å². The molecule has 0 spiro atoms. The normalized spacial score (nSPS) is 15.5. The van der Waals surface area contributed by atoms with Gasteiger partial charge in [0.25, 0.3) is 0 Å². The monoisotopic (exact) mass is 445 g/mol. The van der Waals surface area contributed by atoms with E-state index in [2.05, 4.69) is 42.3 Å². The molecule has 0 amide bonds. The first-order valence-corrected chi connectivity index (χ1v) is 12.2. The number of hydrogen-bond donors (Lipinski definition) is 0. The van der Waals surface area contributed by atoms with Gasteiger partial charge in [0.05, 0.1) is 10.6 Å². The fourth-order valence-corrected chi connectivity index (χ4v) is 5.87. The summed E-state index contributed by atoms with van der Waals surface area (Å²) in [6, 6.07) is 11.6. The van der Waals surface area contributed by atoms with Crippen LogP contribution in [0, 0.1) is 19.7 Å². The van der Waals surface area contributed by atoms with Gasteiger partial charge < -0.3 is 4.90 Å². The number of benzene rings is 2. The number of aromatic nitrogens is 1. The Morgan fingerprint density at radius 1 is 1.03 bits per heavy atom. The lowest BCUT2D eigenvalue weighted by Crippen LogP contribution is -2.48. The van der Waals surface area contributed by atoms with Crippen LogP contribution in [-0.4, -0.2) is 43.9 Å². The highest BCUT2D eigenvalue weighted by Crippen LogP contribution is 2.26. The van der Waals surface area contributed by atoms with E-state index < -0.39 is 15.8 Å². The van der Waals surface area contributed by atoms with Gasteiger partial charge in [0.1, 0.15) is 5.82 Å². The van der Waals surface area contributed by atoms with Crippen LogP contribution in [0.5, 0.6) is 0 Å². The van der Waals surface area contributed by atoms with Crippen molar-refractivity contribution in [3.05, 3.63) is 76.0 Å². The van der Waals surface area contributed by atoms with Crippen LogP contribution in [0.1, 0.15) is 22.4 Å². The molecule has 5 nitrogen and oxygen atoms in total. The molecular weight excluding hydrogens is 421 g/mol. The zero-order valence-electron chi connectivity index (χ0n) is 17.0. The van der Waals surface area contributed by atoms with Crippen molar-refractivity contribution < 1.29 is 12.8 Å². The minimum Gasteiger partial charge on any atom is -0.345 e. The summed E-state index contributed by atoms with van der Waals surface area (Å²) in [4.78, 5) is 6.88. The predicted octanol–water partition coefficient (Wildman–Crippen LogP) is 4.00. The maximum Gasteiger partial charge on any atom is 0.243 e. The van der Waals surface area contributed by atoms with Crippen LogP contribution < -0.4 is 4.90 Å². The molecular formula is C22H24FN3O2S2. The molecule has 158 valence electrons. The lowest BCUT2D eigenvalue weighted by atomic mass is 10.0. The number of hydrogen-bond acceptors (Lipinski definition) is 5. The summed E-state index contributed by atoms with van der Waals surface area (Å²) in [6.07, 6.45) is 0.783. The van der Waals surface area contributed by atoms with Crippen molar-refractivity contribution in [3.8, 4) is 0 Å². The number of rotatable bonds is 5. The molecule has 0 unspecified atom stereocenters. The third-order valence-corrected chi connectivity index (χ3v) is 8.28. The second-order valence-electron chi connectivity index (χ2n) is 7.57. The molecule has 0 N–H and O–H groups in total. The summed E-state index contributed by atoms with van der Waals surface area (Å²) >= 11 is 1.59. The highest BCUT2D eigenvalue weighted by molar-refractivity contribution is 7.89. The lowest BCUT2D eigenvalue weighted by Gasteiger charge is -2.33. The molecule has 1 aliphatic rings. The van der Waals surface area contributed by atoms with E-state index >= 15 is 0 Å². The van der Waals surface area contributed by atoms with Gasteiger partial charge in [-0.1, -0.05) is 24.3 Å². The Balaban J connectivity index is 1.40. The number of aryl methyl sites for hydroxylation is 2. The molecule has 2 aromatic carbocycles. The van der Waals surface area contributed by atoms with Gasteiger partial charge in [-0.3, -0.25) is 0 Å². The Bertz CT molecular complexity index is 1150. The van der Waals surface area contributed by atoms with Crippen molar-refractivity contribution in [1.82, 2.24) is 9.29 Å². The van der Waals surface area contributed by atoms with E-state index in [4.69, 9.17) is 4.98 Å². The van der Waals surface area contributed by atoms with E-state index in [0.717, 1.165) is 23.3 Å². The molecule has 8 heteroatoms. The van der Waals surface area contributed by atoms with Crippen LogP contribution >= 0.6 is 11.3 Å². The van der Waals surface area contributed by atoms with E-state index in [1.807, 2.05) is 0 Å². The highest BCUT2D eigenvalue weighted by atomic mass is 32.2. The van der Waals surface area contributed by atoms with Gasteiger partial charge in [-0.25, -0.2) is 17.8 Å². The molecule has 4 rings (SSSR count). The summed E-state index contributed by atoms with van der Waals surface area (Å²) in [7, 11) is -3.68. The van der Waals surface area contributed by atoms with Gasteiger partial charge >= 0.3 is 0 Å². The zero-order chi connectivity index (χ0) is 21.3. The van der Waals surface area contributed by atoms with E-state index in [9.17, 15) is 12.8 Å². The second-order valence-corrected chi connectivity index (χ2v) is 10.3. The predicted molar refractivity (Wildman–Crippen MR) is 118 cm³/mol. The maximum atomic E-state index is 13.5. The number of sulfonamides is 1. The standard InChI is InChI=1S/C22H24FN3O2S2/c1-16-6-7-18(12-17(16)2)13-20-15-29-22(24-20)25-8-10-26(11-9-25)30(27,28)21-5-3-4-19(23)14-21/h3-7,12,14-15H,8-11,13H2,1-2H3. The Labute approximate surface area is 180 Å². The highest BCUT2D eigenvalue weighted by Gasteiger charge is 2.29. The van der Waals surface area contributed by atoms with E-state index in [1.165, 1.54) is 39.2 Å². The van der Waals surface area contributed by atoms with Crippen LogP contribution in [0.3, 0.4) is 0 Å². The molecule has 0 aliphatic carbocycles. The average Bonchev–Trinajstić information content (AvgIpc) is 3.19. The van der Waals surface area contributed by atoms with Crippen molar-refractivity contribution in [2.24, 2.45) is 0 Å². The van der Waals surface area contributed by atoms with Crippen LogP contribution in [0.15, 0.2) is 52.7 Å². The topological polar surface area (TPSA) is 53.5 Å². The second kappa shape index (κ2) is 8.45. The molecule has 0 radical (unpaired) electrons. The molecule has 30 heavy (non-hydrogen) atoms. The first-order chi connectivity index (χ1) is 14.3. The summed E-state index contributed by atoms with van der Waals surface area (Å²) in [5, 5.41) is 2.98. The van der Waals surface area contributed by atoms with Crippen molar-refractivity contribution >= 4 is 26.5 Å². The van der Waals surface area contributed by atoms with Gasteiger partial charge in [0.2, 0.25) is 10.0 Å². The van der Waals surface area contributed by atoms with E-state index in [1.54, 1.807) is 11.3 Å². The smallest absolute Gasteiger partial charge is 0.243 e. The number of piperazine rings is 1. The number of anilines is 1. The Morgan fingerprint density at radius 3 is 2.50 bits per heavy atom. The zero-order valence-corrected chi connectivity index (χ0v) is 18.6. The Morgan fingerprint density at radius 2 is 1.80 bits per heavy atom. The summed E-state index contributed by atoms with van der Waals surface area (Å²) in [5.41, 5.74) is 4.82. The van der Waals surface area contributed by atoms with Crippen molar-refractivity contribution in [2.45, 2.75) is 25.2 Å². The van der Waals surface area contributed by atoms with Gasteiger partial charge in [-0.2, -0.15) is 4.31 Å². The van der Waals surface area contributed by atoms with E-state index in [0.29, 0.717) is 26.2 Å². The molecule has 3 aromatic rings. The van der Waals surface area contributed by atoms with Crippen molar-refractivity contribution in [2.75, 3.05) is 31.1 Å². The van der Waals surface area contributed by atoms with Gasteiger partial charge in [-0.05, 0) is 48.7 Å². The number of halogens is 1. The van der Waals surface area contributed by atoms with Crippen molar-refractivity contribution in [3.63, 3.8) is 0 Å². The van der Waals surface area contributed by atoms with Gasteiger partial charge in [0, 0.05) is 38.0 Å². The maximum absolute atomic E-state index is 13.5. The van der Waals surface area contributed by atoms with Gasteiger partial charge in [-0.15, -0.1) is 11.3 Å². The molecule has 1 aromatic heterocycles. The largest absolute Gasteiger partial charge is 0.345 e. The molecule has 1 saturated heterocycles. The first-order valence-electron chi connectivity index (χ1n) is 9.84. The third kappa shape index (κ3) is 4.40. The minimum absolute atomic E-state index is 0.000811. The van der Waals surface area contributed by atoms with Crippen molar-refractivity contribution in [1.29, 1.82) is 0 Å². The Kier molecular flexibility index (Phi) is 5.90. The minimum atomic E-state index is -3.68. The summed E-state index contributed by atoms with van der Waals surface area (Å²) in [5.74, 6) is -0.547. The summed E-state index contributed by atoms with van der Waals surface area (Å²) < 4.78 is 40.4. The third-order valence-electron chi connectivity index (χ3n) is 5.44. The molecule has 0 atom stereocenters. The molecule has 0 saturated carbocycles. The van der Waals surface area contributed by atoms with Crippen LogP contribution in [-0.2, 0) is 16.4 Å².